The Morgan fingerprint density at radius 2 is 1.46 bits per heavy atom. The molecule has 1 aliphatic heterocycles. The number of likely N-dealkylation sites (N-methyl/N-ethyl adjacent to an activating group) is 1. The maximum Gasteiger partial charge on any atom is 0.0818 e. The number of hydrogen-bond donors (Lipinski definition) is 2. The van der Waals surface area contributed by atoms with Gasteiger partial charge in [-0.1, -0.05) is 13.8 Å². The van der Waals surface area contributed by atoms with Gasteiger partial charge in [-0.15, -0.1) is 0 Å². The third-order valence-corrected chi connectivity index (χ3v) is 1.72. The van der Waals surface area contributed by atoms with Crippen molar-refractivity contribution < 1.29 is 5.11 Å². The summed E-state index contributed by atoms with van der Waals surface area (Å²) in [6.07, 6.45) is 1.42. The molecule has 0 aliphatic carbocycles. The Hall–Kier alpha value is -0.610. The molecular formula is C9H23N3O. The van der Waals surface area contributed by atoms with Crippen molar-refractivity contribution in [3.05, 3.63) is 0 Å². The van der Waals surface area contributed by atoms with Crippen molar-refractivity contribution in [2.24, 2.45) is 0 Å². The Morgan fingerprint density at radius 3 is 1.77 bits per heavy atom. The van der Waals surface area contributed by atoms with Crippen molar-refractivity contribution in [2.45, 2.75) is 13.8 Å². The average molecular weight is 189 g/mol. The number of aliphatic hydroxyl groups excluding tert-OH is 1. The van der Waals surface area contributed by atoms with E-state index in [4.69, 9.17) is 10.5 Å². The van der Waals surface area contributed by atoms with Gasteiger partial charge in [-0.05, 0) is 7.05 Å². The van der Waals surface area contributed by atoms with Crippen LogP contribution in [-0.2, 0) is 0 Å². The zero-order valence-corrected chi connectivity index (χ0v) is 9.25. The van der Waals surface area contributed by atoms with Gasteiger partial charge >= 0.3 is 0 Å². The van der Waals surface area contributed by atoms with Crippen molar-refractivity contribution in [3.8, 4) is 0 Å². The summed E-state index contributed by atoms with van der Waals surface area (Å²) in [6, 6.07) is 0. The van der Waals surface area contributed by atoms with Gasteiger partial charge in [0, 0.05) is 33.3 Å². The predicted octanol–water partition coefficient (Wildman–Crippen LogP) is 0.476. The van der Waals surface area contributed by atoms with Crippen LogP contribution in [0.4, 0.5) is 0 Å². The van der Waals surface area contributed by atoms with Crippen molar-refractivity contribution in [1.29, 1.82) is 5.41 Å². The monoisotopic (exact) mass is 189 g/mol. The third kappa shape index (κ3) is 7.74. The molecule has 13 heavy (non-hydrogen) atoms. The Morgan fingerprint density at radius 1 is 1.08 bits per heavy atom. The van der Waals surface area contributed by atoms with Gasteiger partial charge in [-0.25, -0.2) is 0 Å². The molecule has 1 saturated heterocycles. The predicted molar refractivity (Wildman–Crippen MR) is 57.3 cm³/mol. The summed E-state index contributed by atoms with van der Waals surface area (Å²) in [5.41, 5.74) is 0. The minimum Gasteiger partial charge on any atom is -0.400 e. The molecule has 0 saturated carbocycles. The summed E-state index contributed by atoms with van der Waals surface area (Å²) in [6.45, 7) is 8.21. The number of aliphatic hydroxyl groups is 1. The second kappa shape index (κ2) is 11.4. The number of hydrogen-bond acceptors (Lipinski definition) is 3. The van der Waals surface area contributed by atoms with Crippen LogP contribution in [0.5, 0.6) is 0 Å². The molecule has 2 N–H and O–H groups in total. The lowest BCUT2D eigenvalue weighted by atomic mass is 10.4. The highest BCUT2D eigenvalue weighted by Gasteiger charge is 2.08. The number of nitrogens with one attached hydrogen (secondary N) is 1. The molecule has 0 spiro atoms. The lowest BCUT2D eigenvalue weighted by Crippen LogP contribution is -2.43. The molecule has 1 heterocycles. The minimum absolute atomic E-state index is 1.00. The first kappa shape index (κ1) is 14.9. The van der Waals surface area contributed by atoms with Crippen LogP contribution in [0.25, 0.3) is 0 Å². The van der Waals surface area contributed by atoms with Crippen LogP contribution < -0.4 is 0 Å². The van der Waals surface area contributed by atoms with Gasteiger partial charge in [0.15, 0.2) is 0 Å². The number of piperazine rings is 1. The van der Waals surface area contributed by atoms with E-state index in [1.54, 1.807) is 0 Å². The van der Waals surface area contributed by atoms with E-state index >= 15 is 0 Å². The Balaban J connectivity index is 0. The molecule has 0 radical (unpaired) electrons. The van der Waals surface area contributed by atoms with E-state index in [2.05, 4.69) is 11.9 Å². The molecule has 1 fully saturated rings. The standard InChI is InChI=1S/C6H13N3.C2H6.CH4O/c1-8-2-4-9(6-7)5-3-8;2*1-2/h6-7H,2-5H2,1H3;1-2H3;2H,1H3. The molecule has 0 unspecified atom stereocenters. The SMILES string of the molecule is CC.CN1CCN(C=N)CC1.CO. The first-order valence-corrected chi connectivity index (χ1v) is 4.71. The molecule has 0 aromatic heterocycles. The lowest BCUT2D eigenvalue weighted by molar-refractivity contribution is 0.219. The van der Waals surface area contributed by atoms with Crippen molar-refractivity contribution in [3.63, 3.8) is 0 Å². The molecule has 1 aliphatic rings. The zero-order valence-electron chi connectivity index (χ0n) is 9.25. The zero-order chi connectivity index (χ0) is 10.7. The highest BCUT2D eigenvalue weighted by atomic mass is 16.2. The summed E-state index contributed by atoms with van der Waals surface area (Å²) >= 11 is 0. The molecule has 4 nitrogen and oxygen atoms in total. The summed E-state index contributed by atoms with van der Waals surface area (Å²) in [5, 5.41) is 13.9. The molecule has 0 atom stereocenters. The van der Waals surface area contributed by atoms with Gasteiger partial charge in [-0.2, -0.15) is 0 Å². The fourth-order valence-corrected chi connectivity index (χ4v) is 0.951. The van der Waals surface area contributed by atoms with E-state index in [0.717, 1.165) is 33.3 Å². The quantitative estimate of drug-likeness (QED) is 0.466. The molecule has 0 aromatic rings. The maximum absolute atomic E-state index is 7.00. The van der Waals surface area contributed by atoms with Crippen LogP contribution in [0, 0.1) is 5.41 Å². The van der Waals surface area contributed by atoms with Gasteiger partial charge in [0.1, 0.15) is 0 Å². The van der Waals surface area contributed by atoms with Gasteiger partial charge < -0.3 is 14.9 Å². The topological polar surface area (TPSA) is 50.6 Å². The fraction of sp³-hybridized carbons (Fsp3) is 0.889. The summed E-state index contributed by atoms with van der Waals surface area (Å²) in [7, 11) is 3.11. The molecule has 80 valence electrons. The van der Waals surface area contributed by atoms with Crippen LogP contribution in [-0.4, -0.2) is 61.6 Å². The second-order valence-corrected chi connectivity index (χ2v) is 2.47. The van der Waals surface area contributed by atoms with Crippen LogP contribution >= 0.6 is 0 Å². The minimum atomic E-state index is 1.00. The average Bonchev–Trinajstić information content (AvgIpc) is 2.25. The number of rotatable bonds is 1. The highest BCUT2D eigenvalue weighted by molar-refractivity contribution is 5.50. The molecule has 0 amide bonds. The van der Waals surface area contributed by atoms with Crippen LogP contribution in [0.15, 0.2) is 0 Å². The first-order chi connectivity index (χ1) is 6.33. The third-order valence-electron chi connectivity index (χ3n) is 1.72. The van der Waals surface area contributed by atoms with E-state index in [1.165, 1.54) is 6.34 Å². The molecule has 0 aromatic carbocycles. The lowest BCUT2D eigenvalue weighted by Gasteiger charge is -2.30. The summed E-state index contributed by atoms with van der Waals surface area (Å²) < 4.78 is 0. The largest absolute Gasteiger partial charge is 0.400 e. The van der Waals surface area contributed by atoms with Crippen LogP contribution in [0.3, 0.4) is 0 Å². The Bertz CT molecular complexity index is 101. The molecule has 4 heteroatoms. The van der Waals surface area contributed by atoms with Gasteiger partial charge in [0.2, 0.25) is 0 Å². The second-order valence-electron chi connectivity index (χ2n) is 2.47. The summed E-state index contributed by atoms with van der Waals surface area (Å²) in [5.74, 6) is 0. The van der Waals surface area contributed by atoms with Crippen LogP contribution in [0.1, 0.15) is 13.8 Å². The van der Waals surface area contributed by atoms with Gasteiger partial charge in [0.05, 0.1) is 6.34 Å². The van der Waals surface area contributed by atoms with E-state index in [0.29, 0.717) is 0 Å². The first-order valence-electron chi connectivity index (χ1n) is 4.71. The van der Waals surface area contributed by atoms with E-state index in [9.17, 15) is 0 Å². The number of nitrogens with zero attached hydrogens (tertiary/aromatic N) is 2. The van der Waals surface area contributed by atoms with Crippen molar-refractivity contribution >= 4 is 6.34 Å². The van der Waals surface area contributed by atoms with Crippen molar-refractivity contribution in [2.75, 3.05) is 40.3 Å². The smallest absolute Gasteiger partial charge is 0.0818 e. The van der Waals surface area contributed by atoms with E-state index in [1.807, 2.05) is 18.7 Å². The van der Waals surface area contributed by atoms with Gasteiger partial charge in [-0.3, -0.25) is 5.41 Å². The van der Waals surface area contributed by atoms with E-state index in [-0.39, 0.29) is 0 Å². The van der Waals surface area contributed by atoms with Crippen LogP contribution in [0.2, 0.25) is 0 Å². The normalized spacial score (nSPS) is 16.2. The molecular weight excluding hydrogens is 166 g/mol. The van der Waals surface area contributed by atoms with Crippen molar-refractivity contribution in [1.82, 2.24) is 9.80 Å². The highest BCUT2D eigenvalue weighted by Crippen LogP contribution is 1.94. The van der Waals surface area contributed by atoms with E-state index < -0.39 is 0 Å². The Kier molecular flexibility index (Phi) is 13.0. The molecule has 1 rings (SSSR count). The van der Waals surface area contributed by atoms with Gasteiger partial charge in [0.25, 0.3) is 0 Å². The Labute approximate surface area is 81.7 Å². The summed E-state index contributed by atoms with van der Waals surface area (Å²) in [4.78, 5) is 4.31. The maximum atomic E-state index is 7.00. The fourth-order valence-electron chi connectivity index (χ4n) is 0.951. The molecule has 0 bridgehead atoms.